The third-order valence-corrected chi connectivity index (χ3v) is 19.1. The number of benzene rings is 4. The Labute approximate surface area is 657 Å². The summed E-state index contributed by atoms with van der Waals surface area (Å²) in [5, 5.41) is 14.2. The summed E-state index contributed by atoms with van der Waals surface area (Å²) < 4.78 is 94.2. The number of primary amides is 1. The van der Waals surface area contributed by atoms with Gasteiger partial charge in [0.15, 0.2) is 5.78 Å². The van der Waals surface area contributed by atoms with E-state index in [1.165, 1.54) is 12.2 Å². The number of amides is 9. The number of hydrogen-bond donors (Lipinski definition) is 6. The summed E-state index contributed by atoms with van der Waals surface area (Å²) in [6, 6.07) is 21.6. The number of carbonyl (C=O) groups is 13. The Kier molecular flexibility index (Phi) is 37.3. The van der Waals surface area contributed by atoms with E-state index in [9.17, 15) is 88.7 Å². The number of ketones is 5. The molecule has 8 rings (SSSR count). The predicted molar refractivity (Wildman–Crippen MR) is 408 cm³/mol. The summed E-state index contributed by atoms with van der Waals surface area (Å²) in [5.74, 6) is -9.35. The quantitative estimate of drug-likeness (QED) is 0.00697. The minimum Gasteiger partial charge on any atom is -0.409 e. The number of hydrogen-bond acceptors (Lipinski definition) is 19. The highest BCUT2D eigenvalue weighted by Gasteiger charge is 2.54. The number of anilines is 2. The third-order valence-electron chi connectivity index (χ3n) is 18.3. The van der Waals surface area contributed by atoms with Crippen LogP contribution in [0.2, 0.25) is 0 Å². The topological polar surface area (TPSA) is 371 Å². The Hall–Kier alpha value is -9.81. The third kappa shape index (κ3) is 29.6. The fourth-order valence-electron chi connectivity index (χ4n) is 12.2. The van der Waals surface area contributed by atoms with Gasteiger partial charge in [-0.25, -0.2) is 9.59 Å². The molecular weight excluding hydrogens is 1560 g/mol. The van der Waals surface area contributed by atoms with Crippen LogP contribution in [0.15, 0.2) is 91.0 Å². The van der Waals surface area contributed by atoms with Crippen molar-refractivity contribution in [3.63, 3.8) is 0 Å². The van der Waals surface area contributed by atoms with Gasteiger partial charge in [-0.15, -0.1) is 0 Å². The number of urea groups is 1. The van der Waals surface area contributed by atoms with E-state index in [1.54, 1.807) is 64.4 Å². The van der Waals surface area contributed by atoms with Crippen molar-refractivity contribution in [1.29, 1.82) is 0 Å². The first kappa shape index (κ1) is 92.1. The highest BCUT2D eigenvalue weighted by molar-refractivity contribution is 9.09. The number of nitrogens with one attached hydrogen (secondary N) is 5. The molecule has 2 unspecified atom stereocenters. The molecule has 0 radical (unpaired) electrons. The van der Waals surface area contributed by atoms with Crippen LogP contribution in [-0.2, 0) is 68.5 Å². The van der Waals surface area contributed by atoms with Gasteiger partial charge in [-0.2, -0.15) is 26.3 Å². The molecule has 1 aromatic heterocycles. The number of aromatic nitrogens is 1. The first-order valence-corrected chi connectivity index (χ1v) is 38.2. The summed E-state index contributed by atoms with van der Waals surface area (Å²) in [6.07, 6.45) is -6.32. The van der Waals surface area contributed by atoms with Gasteiger partial charge in [0.25, 0.3) is 23.6 Å². The first-order chi connectivity index (χ1) is 53.7. The molecule has 4 heterocycles. The summed E-state index contributed by atoms with van der Waals surface area (Å²) in [4.78, 5) is 169. The molecule has 3 aliphatic rings. The van der Waals surface area contributed by atoms with Gasteiger partial charge in [-0.05, 0) is 112 Å². The Balaban J connectivity index is 0.000000571. The Bertz CT molecular complexity index is 4130. The lowest BCUT2D eigenvalue weighted by atomic mass is 9.89. The molecule has 28 nitrogen and oxygen atoms in total. The zero-order valence-corrected chi connectivity index (χ0v) is 65.2. The van der Waals surface area contributed by atoms with Crippen molar-refractivity contribution in [3.8, 4) is 5.75 Å². The number of likely N-dealkylation sites (N-methyl/N-ethyl adjacent to an activating group) is 1. The number of ether oxygens (including phenoxy) is 5. The van der Waals surface area contributed by atoms with Gasteiger partial charge in [0.05, 0.1) is 44.8 Å². The van der Waals surface area contributed by atoms with E-state index < -0.39 is 53.9 Å². The number of nitrogens with two attached hydrogens (primary N) is 1. The van der Waals surface area contributed by atoms with Crippen molar-refractivity contribution in [1.82, 2.24) is 35.6 Å². The Morgan fingerprint density at radius 3 is 1.88 bits per heavy atom. The highest BCUT2D eigenvalue weighted by Crippen LogP contribution is 2.46. The van der Waals surface area contributed by atoms with Gasteiger partial charge in [-0.1, -0.05) is 66.2 Å². The maximum absolute atomic E-state index is 14.5. The zero-order chi connectivity index (χ0) is 83.0. The smallest absolute Gasteiger partial charge is 0.409 e. The van der Waals surface area contributed by atoms with Crippen LogP contribution in [0.25, 0.3) is 21.7 Å². The number of H-pyrrole nitrogens is 1. The van der Waals surface area contributed by atoms with Crippen LogP contribution >= 0.6 is 15.9 Å². The number of rotatable bonds is 41. The van der Waals surface area contributed by atoms with Gasteiger partial charge in [0.1, 0.15) is 23.0 Å². The maximum Gasteiger partial charge on any atom is 0.458 e. The van der Waals surface area contributed by atoms with Crippen LogP contribution in [-0.4, -0.2) is 232 Å². The van der Waals surface area contributed by atoms with Gasteiger partial charge < -0.3 is 70.4 Å². The normalized spacial score (nSPS) is 14.7. The van der Waals surface area contributed by atoms with E-state index >= 15 is 0 Å². The zero-order valence-electron chi connectivity index (χ0n) is 63.6. The number of halogens is 7. The molecule has 616 valence electrons. The van der Waals surface area contributed by atoms with Crippen LogP contribution in [0.1, 0.15) is 130 Å². The monoisotopic (exact) mass is 1650 g/mol. The molecule has 0 aliphatic carbocycles. The molecule has 1 saturated heterocycles. The number of Topliss-reactive ketones (excluding diaryl/α,β-unsaturated/α-hetero) is 5. The van der Waals surface area contributed by atoms with Crippen LogP contribution in [0.3, 0.4) is 0 Å². The fraction of sp³-hybridized carbons (Fsp3) is 0.500. The van der Waals surface area contributed by atoms with Crippen LogP contribution in [0, 0.1) is 11.8 Å². The van der Waals surface area contributed by atoms with Crippen molar-refractivity contribution >= 4 is 125 Å². The molecular formula is C78H97BrF6N10O18. The molecule has 3 atom stereocenters. The first-order valence-electron chi connectivity index (χ1n) is 37.1. The molecule has 7 N–H and O–H groups in total. The number of carbonyl (C=O) groups excluding carboxylic acids is 13. The fourth-order valence-corrected chi connectivity index (χ4v) is 12.7. The van der Waals surface area contributed by atoms with E-state index in [4.69, 9.17) is 29.4 Å². The van der Waals surface area contributed by atoms with Crippen molar-refractivity contribution < 1.29 is 112 Å². The second kappa shape index (κ2) is 45.8. The van der Waals surface area contributed by atoms with Gasteiger partial charge >= 0.3 is 36.0 Å². The number of aromatic amines is 1. The predicted octanol–water partition coefficient (Wildman–Crippen LogP) is 9.42. The molecule has 113 heavy (non-hydrogen) atoms. The van der Waals surface area contributed by atoms with Crippen LogP contribution in [0.4, 0.5) is 47.3 Å². The Morgan fingerprint density at radius 1 is 0.664 bits per heavy atom. The maximum atomic E-state index is 14.5. The second-order valence-electron chi connectivity index (χ2n) is 27.0. The lowest BCUT2D eigenvalue weighted by molar-refractivity contribution is -0.193. The minimum absolute atomic E-state index is 0.0264. The summed E-state index contributed by atoms with van der Waals surface area (Å²) in [7, 11) is 2.02. The van der Waals surface area contributed by atoms with E-state index in [2.05, 4.69) is 47.1 Å². The highest BCUT2D eigenvalue weighted by atomic mass is 79.9. The molecule has 1 fully saturated rings. The summed E-state index contributed by atoms with van der Waals surface area (Å²) >= 11 is 3.69. The summed E-state index contributed by atoms with van der Waals surface area (Å²) in [5.41, 5.74) is 9.40. The number of fused-ring (bicyclic) bond motifs is 4. The molecule has 35 heteroatoms. The molecule has 0 bridgehead atoms. The van der Waals surface area contributed by atoms with Crippen LogP contribution < -0.4 is 36.6 Å². The molecule has 9 amide bonds. The Morgan fingerprint density at radius 2 is 1.27 bits per heavy atom. The van der Waals surface area contributed by atoms with Crippen molar-refractivity contribution in [2.24, 2.45) is 17.6 Å². The van der Waals surface area contributed by atoms with Crippen molar-refractivity contribution in [2.45, 2.75) is 123 Å². The molecule has 4 aromatic carbocycles. The van der Waals surface area contributed by atoms with E-state index in [1.807, 2.05) is 59.0 Å². The van der Waals surface area contributed by atoms with E-state index in [0.29, 0.717) is 161 Å². The van der Waals surface area contributed by atoms with Crippen molar-refractivity contribution in [3.05, 3.63) is 113 Å². The number of nitrogens with zero attached hydrogens (tertiary/aromatic N) is 4. The summed E-state index contributed by atoms with van der Waals surface area (Å²) in [6.45, 7) is 15.2. The minimum atomic E-state index is -5.77. The van der Waals surface area contributed by atoms with E-state index in [0.717, 1.165) is 34.3 Å². The number of alkyl halides is 7. The lowest BCUT2D eigenvalue weighted by Crippen LogP contribution is -2.48. The average molecular weight is 1660 g/mol. The number of piperazine rings is 1. The van der Waals surface area contributed by atoms with Crippen molar-refractivity contribution in [2.75, 3.05) is 128 Å². The number of imide groups is 1. The average Bonchev–Trinajstić information content (AvgIpc) is 1.60. The standard InChI is InChI=1S/C62H80BrN9O12.C12H17NO4.C4F6O2/c1-5-81-30-31-83-33-32-82-29-22-46(73)10-8-23-65-56(75)21-19-47(40(2)3)59(77)69-51(13-9-24-66-61(64)79)54(74)34-41-14-16-42(17-15-41)58(76)67-45-18-20-50-43(35-45)36-52(68-50)60(78)72-39-44(38-63)57-49-12-7-6-11-48(49)55(37-53(57)72)84-62(80)71-27-25-70(4)26-28-71;1-2-17-9-3-4-10(14)7-8-13-11(15)5-6-12(13)16;5-3(6,7)1(11)2(12)4(8,9)10/h6-7,11-12,14-18,20,35-37,40,44,47,51,68H,5,8-10,13,19,21-34,38-39H2,1-4H3,(H,65,75)(H,67,76)(H,69,77)(H3,64,66,79);5-6H,2-4,7-9H2,1H3;/t44-,47?,51?;;/m1../s1. The second-order valence-corrected chi connectivity index (χ2v) is 27.7. The lowest BCUT2D eigenvalue weighted by Gasteiger charge is -2.31. The van der Waals surface area contributed by atoms with E-state index in [-0.39, 0.29) is 110 Å². The molecule has 0 saturated carbocycles. The van der Waals surface area contributed by atoms with Gasteiger partial charge in [0.2, 0.25) is 11.8 Å². The largest absolute Gasteiger partial charge is 0.458 e. The molecule has 3 aliphatic heterocycles. The molecule has 0 spiro atoms. The molecule has 5 aromatic rings. The van der Waals surface area contributed by atoms with Gasteiger partial charge in [-0.3, -0.25) is 57.6 Å². The SMILES string of the molecule is CCOCCCC(=O)CCN1C(=O)C=CC1=O.CCOCCOCCOCCC(=O)CCCNC(=O)CCC(C(=O)NC(CCCNC(N)=O)C(=O)Cc1ccc(C(=O)Nc2ccc3[nH]c(C(=O)N4C[C@@H](CBr)c5c4cc(OC(=O)N4CCN(C)CC4)c4ccccc54)cc3c2)cc1)C(C)C.O=C(C(=O)C(F)(F)F)C(F)(F)F. The van der Waals surface area contributed by atoms with Crippen LogP contribution in [0.5, 0.6) is 5.75 Å². The van der Waals surface area contributed by atoms with Gasteiger partial charge in [0, 0.05) is 174 Å².